The quantitative estimate of drug-likeness (QED) is 0.757. The van der Waals surface area contributed by atoms with Crippen molar-refractivity contribution in [1.82, 2.24) is 14.5 Å². The number of carboxylic acid groups (broad SMARTS) is 1. The Labute approximate surface area is 95.7 Å². The van der Waals surface area contributed by atoms with Gasteiger partial charge < -0.3 is 14.6 Å². The summed E-state index contributed by atoms with van der Waals surface area (Å²) in [6.45, 7) is 4.60. The van der Waals surface area contributed by atoms with E-state index in [4.69, 9.17) is 5.11 Å². The molecule has 0 unspecified atom stereocenters. The number of rotatable bonds is 7. The highest BCUT2D eigenvalue weighted by Gasteiger charge is 2.05. The summed E-state index contributed by atoms with van der Waals surface area (Å²) >= 11 is 0. The summed E-state index contributed by atoms with van der Waals surface area (Å²) in [6, 6.07) is 0. The molecule has 0 aliphatic carbocycles. The van der Waals surface area contributed by atoms with E-state index < -0.39 is 5.97 Å². The summed E-state index contributed by atoms with van der Waals surface area (Å²) in [5.41, 5.74) is 1.17. The van der Waals surface area contributed by atoms with Crippen LogP contribution in [0.25, 0.3) is 0 Å². The van der Waals surface area contributed by atoms with Gasteiger partial charge in [0.05, 0.1) is 12.0 Å². The lowest BCUT2D eigenvalue weighted by Gasteiger charge is -2.16. The summed E-state index contributed by atoms with van der Waals surface area (Å²) in [5.74, 6) is -0.730. The molecule has 5 nitrogen and oxygen atoms in total. The smallest absolute Gasteiger partial charge is 0.303 e. The van der Waals surface area contributed by atoms with Crippen LogP contribution in [0.2, 0.25) is 0 Å². The van der Waals surface area contributed by atoms with Gasteiger partial charge in [0.2, 0.25) is 0 Å². The van der Waals surface area contributed by atoms with Gasteiger partial charge in [-0.2, -0.15) is 0 Å². The number of carboxylic acids is 1. The first-order valence-electron chi connectivity index (χ1n) is 5.52. The van der Waals surface area contributed by atoms with Crippen molar-refractivity contribution < 1.29 is 9.90 Å². The first kappa shape index (κ1) is 12.7. The lowest BCUT2D eigenvalue weighted by Crippen LogP contribution is -2.21. The Morgan fingerprint density at radius 1 is 1.62 bits per heavy atom. The molecule has 1 rings (SSSR count). The van der Waals surface area contributed by atoms with Crippen molar-refractivity contribution in [3.63, 3.8) is 0 Å². The highest BCUT2D eigenvalue weighted by Crippen LogP contribution is 2.04. The zero-order valence-corrected chi connectivity index (χ0v) is 9.89. The summed E-state index contributed by atoms with van der Waals surface area (Å²) < 4.78 is 2.09. The molecule has 0 aliphatic heterocycles. The van der Waals surface area contributed by atoms with E-state index in [-0.39, 0.29) is 6.42 Å². The third kappa shape index (κ3) is 4.02. The van der Waals surface area contributed by atoms with E-state index in [9.17, 15) is 4.79 Å². The summed E-state index contributed by atoms with van der Waals surface area (Å²) in [5, 5.41) is 8.53. The third-order valence-corrected chi connectivity index (χ3v) is 2.50. The van der Waals surface area contributed by atoms with Crippen LogP contribution in [0.5, 0.6) is 0 Å². The zero-order valence-electron chi connectivity index (χ0n) is 9.89. The van der Waals surface area contributed by atoms with Gasteiger partial charge >= 0.3 is 5.97 Å². The topological polar surface area (TPSA) is 58.4 Å². The van der Waals surface area contributed by atoms with Crippen LogP contribution in [0, 0.1) is 0 Å². The Balaban J connectivity index is 2.33. The molecule has 16 heavy (non-hydrogen) atoms. The predicted molar refractivity (Wildman–Crippen MR) is 61.1 cm³/mol. The molecule has 0 amide bonds. The normalized spacial score (nSPS) is 10.9. The second-order valence-electron chi connectivity index (χ2n) is 3.91. The first-order valence-corrected chi connectivity index (χ1v) is 5.52. The maximum atomic E-state index is 10.4. The van der Waals surface area contributed by atoms with Crippen LogP contribution in [0.3, 0.4) is 0 Å². The molecule has 1 heterocycles. The van der Waals surface area contributed by atoms with Crippen molar-refractivity contribution >= 4 is 5.97 Å². The molecule has 0 spiro atoms. The minimum absolute atomic E-state index is 0.234. The van der Waals surface area contributed by atoms with Gasteiger partial charge in [-0.3, -0.25) is 4.79 Å². The van der Waals surface area contributed by atoms with E-state index in [1.54, 1.807) is 0 Å². The minimum Gasteiger partial charge on any atom is -0.481 e. The summed E-state index contributed by atoms with van der Waals surface area (Å²) in [4.78, 5) is 16.6. The molecular formula is C11H19N3O2. The van der Waals surface area contributed by atoms with Gasteiger partial charge in [-0.25, -0.2) is 4.98 Å². The Morgan fingerprint density at radius 2 is 2.38 bits per heavy atom. The number of aliphatic carboxylic acids is 1. The fourth-order valence-electron chi connectivity index (χ4n) is 1.62. The maximum Gasteiger partial charge on any atom is 0.303 e. The Morgan fingerprint density at radius 3 is 3.00 bits per heavy atom. The van der Waals surface area contributed by atoms with Crippen LogP contribution < -0.4 is 0 Å². The Kier molecular flexibility index (Phi) is 4.98. The second kappa shape index (κ2) is 6.27. The molecule has 0 radical (unpaired) electrons. The Hall–Kier alpha value is -1.36. The van der Waals surface area contributed by atoms with E-state index in [0.717, 1.165) is 19.6 Å². The van der Waals surface area contributed by atoms with Crippen LogP contribution in [-0.4, -0.2) is 39.1 Å². The molecule has 0 saturated heterocycles. The fraction of sp³-hybridized carbons (Fsp3) is 0.636. The third-order valence-electron chi connectivity index (χ3n) is 2.50. The summed E-state index contributed by atoms with van der Waals surface area (Å²) in [7, 11) is 1.99. The van der Waals surface area contributed by atoms with Crippen LogP contribution in [0.1, 0.15) is 25.5 Å². The standard InChI is InChI=1S/C11H19N3O2/c1-3-14-9-12-7-10(14)8-13(2)6-4-5-11(15)16/h7,9H,3-6,8H2,1-2H3,(H,15,16). The number of carbonyl (C=O) groups is 1. The van der Waals surface area contributed by atoms with Gasteiger partial charge in [-0.1, -0.05) is 0 Å². The van der Waals surface area contributed by atoms with Gasteiger partial charge in [0.15, 0.2) is 0 Å². The highest BCUT2D eigenvalue weighted by atomic mass is 16.4. The second-order valence-corrected chi connectivity index (χ2v) is 3.91. The molecule has 0 aliphatic rings. The average molecular weight is 225 g/mol. The number of hydrogen-bond donors (Lipinski definition) is 1. The van der Waals surface area contributed by atoms with Crippen molar-refractivity contribution in [1.29, 1.82) is 0 Å². The largest absolute Gasteiger partial charge is 0.481 e. The van der Waals surface area contributed by atoms with Gasteiger partial charge in [-0.05, 0) is 26.9 Å². The van der Waals surface area contributed by atoms with Crippen LogP contribution in [0.15, 0.2) is 12.5 Å². The van der Waals surface area contributed by atoms with E-state index in [2.05, 4.69) is 21.4 Å². The first-order chi connectivity index (χ1) is 7.63. The number of nitrogens with zero attached hydrogens (tertiary/aromatic N) is 3. The average Bonchev–Trinajstić information content (AvgIpc) is 2.64. The van der Waals surface area contributed by atoms with E-state index in [1.807, 2.05) is 19.6 Å². The monoisotopic (exact) mass is 225 g/mol. The van der Waals surface area contributed by atoms with Crippen LogP contribution in [0.4, 0.5) is 0 Å². The number of imidazole rings is 1. The van der Waals surface area contributed by atoms with Crippen LogP contribution >= 0.6 is 0 Å². The zero-order chi connectivity index (χ0) is 12.0. The molecule has 1 aromatic rings. The molecule has 0 fully saturated rings. The number of hydrogen-bond acceptors (Lipinski definition) is 3. The highest BCUT2D eigenvalue weighted by molar-refractivity contribution is 5.66. The number of aromatic nitrogens is 2. The molecular weight excluding hydrogens is 206 g/mol. The van der Waals surface area contributed by atoms with Crippen molar-refractivity contribution in [3.8, 4) is 0 Å². The molecule has 90 valence electrons. The molecule has 0 aromatic carbocycles. The van der Waals surface area contributed by atoms with Crippen LogP contribution in [-0.2, 0) is 17.9 Å². The van der Waals surface area contributed by atoms with Gasteiger partial charge in [0.25, 0.3) is 0 Å². The molecule has 0 atom stereocenters. The van der Waals surface area contributed by atoms with Crippen molar-refractivity contribution in [2.75, 3.05) is 13.6 Å². The molecule has 1 aromatic heterocycles. The SMILES string of the molecule is CCn1cncc1CN(C)CCCC(=O)O. The summed E-state index contributed by atoms with van der Waals surface area (Å²) in [6.07, 6.45) is 4.60. The van der Waals surface area contributed by atoms with E-state index >= 15 is 0 Å². The molecule has 0 bridgehead atoms. The minimum atomic E-state index is -0.730. The van der Waals surface area contributed by atoms with Crippen molar-refractivity contribution in [3.05, 3.63) is 18.2 Å². The van der Waals surface area contributed by atoms with Gasteiger partial charge in [0, 0.05) is 25.7 Å². The number of aryl methyl sites for hydroxylation is 1. The van der Waals surface area contributed by atoms with Gasteiger partial charge in [-0.15, -0.1) is 0 Å². The lowest BCUT2D eigenvalue weighted by atomic mass is 10.3. The predicted octanol–water partition coefficient (Wildman–Crippen LogP) is 1.20. The molecule has 0 saturated carbocycles. The van der Waals surface area contributed by atoms with Crippen molar-refractivity contribution in [2.24, 2.45) is 0 Å². The fourth-order valence-corrected chi connectivity index (χ4v) is 1.62. The van der Waals surface area contributed by atoms with Crippen molar-refractivity contribution in [2.45, 2.75) is 32.9 Å². The lowest BCUT2D eigenvalue weighted by molar-refractivity contribution is -0.137. The van der Waals surface area contributed by atoms with E-state index in [0.29, 0.717) is 6.42 Å². The molecule has 5 heteroatoms. The molecule has 1 N–H and O–H groups in total. The van der Waals surface area contributed by atoms with Gasteiger partial charge in [0.1, 0.15) is 0 Å². The maximum absolute atomic E-state index is 10.4. The van der Waals surface area contributed by atoms with E-state index in [1.165, 1.54) is 5.69 Å². The Bertz CT molecular complexity index is 336.